The minimum atomic E-state index is -0.393. The largest absolute Gasteiger partial charge is 0.465 e. The van der Waals surface area contributed by atoms with Crippen LogP contribution in [0.25, 0.3) is 0 Å². The van der Waals surface area contributed by atoms with E-state index in [9.17, 15) is 9.59 Å². The number of hydrogen-bond donors (Lipinski definition) is 1. The van der Waals surface area contributed by atoms with E-state index in [2.05, 4.69) is 19.8 Å². The summed E-state index contributed by atoms with van der Waals surface area (Å²) in [7, 11) is 0. The minimum absolute atomic E-state index is 0.0525. The molecule has 128 valence electrons. The molecule has 1 aliphatic rings. The van der Waals surface area contributed by atoms with Crippen LogP contribution >= 0.6 is 0 Å². The van der Waals surface area contributed by atoms with Gasteiger partial charge >= 0.3 is 5.97 Å². The average Bonchev–Trinajstić information content (AvgIpc) is 2.93. The predicted molar refractivity (Wildman–Crippen MR) is 85.8 cm³/mol. The third-order valence-corrected chi connectivity index (χ3v) is 4.19. The fourth-order valence-corrected chi connectivity index (χ4v) is 2.84. The molecule has 1 aliphatic heterocycles. The van der Waals surface area contributed by atoms with Crippen molar-refractivity contribution in [3.8, 4) is 0 Å². The molecule has 1 N–H and O–H groups in total. The second kappa shape index (κ2) is 8.67. The Labute approximate surface area is 137 Å². The first-order valence-corrected chi connectivity index (χ1v) is 8.21. The number of aryl methyl sites for hydroxylation is 1. The number of imidazole rings is 1. The van der Waals surface area contributed by atoms with Gasteiger partial charge in [-0.15, -0.1) is 0 Å². The molecule has 0 saturated carbocycles. The predicted octanol–water partition coefficient (Wildman–Crippen LogP) is 0.583. The van der Waals surface area contributed by atoms with Crippen LogP contribution in [0.3, 0.4) is 0 Å². The van der Waals surface area contributed by atoms with E-state index in [1.807, 2.05) is 19.3 Å². The van der Waals surface area contributed by atoms with Crippen molar-refractivity contribution < 1.29 is 14.3 Å². The number of esters is 1. The van der Waals surface area contributed by atoms with Gasteiger partial charge in [-0.2, -0.15) is 0 Å². The molecule has 1 saturated heterocycles. The standard InChI is InChI=1S/C16H26N4O3/c1-3-23-16(22)10-18-15(21)12-19-7-4-14(5-8-19)11-20-9-6-17-13(20)2/h6,9,14H,3-5,7-8,10-12H2,1-2H3,(H,18,21). The average molecular weight is 322 g/mol. The van der Waals surface area contributed by atoms with Crippen LogP contribution in [0, 0.1) is 12.8 Å². The van der Waals surface area contributed by atoms with E-state index in [0.717, 1.165) is 38.3 Å². The fraction of sp³-hybridized carbons (Fsp3) is 0.688. The van der Waals surface area contributed by atoms with Gasteiger partial charge in [0.05, 0.1) is 13.2 Å². The van der Waals surface area contributed by atoms with Crippen molar-refractivity contribution in [1.82, 2.24) is 19.8 Å². The van der Waals surface area contributed by atoms with Crippen LogP contribution in [0.5, 0.6) is 0 Å². The van der Waals surface area contributed by atoms with Gasteiger partial charge in [0.25, 0.3) is 0 Å². The first-order valence-electron chi connectivity index (χ1n) is 8.21. The number of piperidine rings is 1. The van der Waals surface area contributed by atoms with E-state index in [0.29, 0.717) is 19.1 Å². The van der Waals surface area contributed by atoms with Gasteiger partial charge in [0, 0.05) is 18.9 Å². The maximum Gasteiger partial charge on any atom is 0.325 e. The molecule has 1 aromatic heterocycles. The number of rotatable bonds is 7. The lowest BCUT2D eigenvalue weighted by Crippen LogP contribution is -2.43. The zero-order chi connectivity index (χ0) is 16.7. The Kier molecular flexibility index (Phi) is 6.58. The summed E-state index contributed by atoms with van der Waals surface area (Å²) in [5, 5.41) is 2.60. The molecule has 7 nitrogen and oxygen atoms in total. The van der Waals surface area contributed by atoms with Crippen LogP contribution in [0.2, 0.25) is 0 Å². The first kappa shape index (κ1) is 17.5. The number of nitrogens with one attached hydrogen (secondary N) is 1. The number of carbonyl (C=O) groups excluding carboxylic acids is 2. The van der Waals surface area contributed by atoms with Crippen LogP contribution < -0.4 is 5.32 Å². The number of nitrogens with zero attached hydrogens (tertiary/aromatic N) is 3. The van der Waals surface area contributed by atoms with E-state index in [4.69, 9.17) is 4.74 Å². The number of aromatic nitrogens is 2. The van der Waals surface area contributed by atoms with E-state index in [1.165, 1.54) is 0 Å². The Bertz CT molecular complexity index is 521. The SMILES string of the molecule is CCOC(=O)CNC(=O)CN1CCC(Cn2ccnc2C)CC1. The van der Waals surface area contributed by atoms with Gasteiger partial charge in [0.1, 0.15) is 12.4 Å². The summed E-state index contributed by atoms with van der Waals surface area (Å²) in [6, 6.07) is 0. The van der Waals surface area contributed by atoms with Gasteiger partial charge in [-0.3, -0.25) is 14.5 Å². The van der Waals surface area contributed by atoms with Crippen LogP contribution in [0.15, 0.2) is 12.4 Å². The molecule has 0 atom stereocenters. The molecule has 7 heteroatoms. The van der Waals surface area contributed by atoms with Crippen molar-refractivity contribution in [1.29, 1.82) is 0 Å². The number of carbonyl (C=O) groups is 2. The maximum absolute atomic E-state index is 11.8. The maximum atomic E-state index is 11.8. The van der Waals surface area contributed by atoms with Gasteiger partial charge in [-0.1, -0.05) is 0 Å². The Balaban J connectivity index is 1.65. The lowest BCUT2D eigenvalue weighted by molar-refractivity contribution is -0.143. The molecule has 0 aliphatic carbocycles. The summed E-state index contributed by atoms with van der Waals surface area (Å²) in [5.41, 5.74) is 0. The Morgan fingerprint density at radius 2 is 2.13 bits per heavy atom. The number of hydrogen-bond acceptors (Lipinski definition) is 5. The normalized spacial score (nSPS) is 16.3. The third-order valence-electron chi connectivity index (χ3n) is 4.19. The van der Waals surface area contributed by atoms with Crippen molar-refractivity contribution in [2.45, 2.75) is 33.2 Å². The Morgan fingerprint density at radius 3 is 2.74 bits per heavy atom. The van der Waals surface area contributed by atoms with Gasteiger partial charge in [0.2, 0.25) is 5.91 Å². The molecule has 2 heterocycles. The van der Waals surface area contributed by atoms with Crippen molar-refractivity contribution in [2.75, 3.05) is 32.8 Å². The van der Waals surface area contributed by atoms with E-state index >= 15 is 0 Å². The monoisotopic (exact) mass is 322 g/mol. The van der Waals surface area contributed by atoms with Crippen LogP contribution in [0.1, 0.15) is 25.6 Å². The van der Waals surface area contributed by atoms with Crippen molar-refractivity contribution in [2.24, 2.45) is 5.92 Å². The highest BCUT2D eigenvalue weighted by atomic mass is 16.5. The van der Waals surface area contributed by atoms with E-state index < -0.39 is 5.97 Å². The summed E-state index contributed by atoms with van der Waals surface area (Å²) in [4.78, 5) is 29.4. The number of amides is 1. The molecule has 0 unspecified atom stereocenters. The minimum Gasteiger partial charge on any atom is -0.465 e. The molecule has 2 rings (SSSR count). The summed E-state index contributed by atoms with van der Waals surface area (Å²) in [6.07, 6.45) is 5.99. The molecular formula is C16H26N4O3. The zero-order valence-corrected chi connectivity index (χ0v) is 14.0. The molecule has 1 fully saturated rings. The summed E-state index contributed by atoms with van der Waals surface area (Å²) in [6.45, 7) is 7.20. The van der Waals surface area contributed by atoms with Gasteiger partial charge < -0.3 is 14.6 Å². The quantitative estimate of drug-likeness (QED) is 0.743. The smallest absolute Gasteiger partial charge is 0.325 e. The summed E-state index contributed by atoms with van der Waals surface area (Å²) in [5.74, 6) is 1.16. The highest BCUT2D eigenvalue weighted by Crippen LogP contribution is 2.19. The van der Waals surface area contributed by atoms with Crippen molar-refractivity contribution >= 4 is 11.9 Å². The van der Waals surface area contributed by atoms with Crippen molar-refractivity contribution in [3.05, 3.63) is 18.2 Å². The highest BCUT2D eigenvalue weighted by molar-refractivity contribution is 5.83. The van der Waals surface area contributed by atoms with E-state index in [1.54, 1.807) is 6.92 Å². The summed E-state index contributed by atoms with van der Waals surface area (Å²) < 4.78 is 6.97. The van der Waals surface area contributed by atoms with Crippen molar-refractivity contribution in [3.63, 3.8) is 0 Å². The zero-order valence-electron chi connectivity index (χ0n) is 14.0. The fourth-order valence-electron chi connectivity index (χ4n) is 2.84. The second-order valence-corrected chi connectivity index (χ2v) is 5.93. The Morgan fingerprint density at radius 1 is 1.39 bits per heavy atom. The van der Waals surface area contributed by atoms with Crippen LogP contribution in [-0.2, 0) is 20.9 Å². The second-order valence-electron chi connectivity index (χ2n) is 5.93. The van der Waals surface area contributed by atoms with E-state index in [-0.39, 0.29) is 12.5 Å². The summed E-state index contributed by atoms with van der Waals surface area (Å²) >= 11 is 0. The van der Waals surface area contributed by atoms with Crippen LogP contribution in [0.4, 0.5) is 0 Å². The Hall–Kier alpha value is -1.89. The molecule has 23 heavy (non-hydrogen) atoms. The van der Waals surface area contributed by atoms with Gasteiger partial charge in [-0.05, 0) is 45.7 Å². The molecule has 1 amide bonds. The molecular weight excluding hydrogens is 296 g/mol. The third kappa shape index (κ3) is 5.67. The lowest BCUT2D eigenvalue weighted by Gasteiger charge is -2.31. The molecule has 0 spiro atoms. The molecule has 0 bridgehead atoms. The highest BCUT2D eigenvalue weighted by Gasteiger charge is 2.21. The number of ether oxygens (including phenoxy) is 1. The first-order chi connectivity index (χ1) is 11.1. The molecule has 0 aromatic carbocycles. The molecule has 1 aromatic rings. The topological polar surface area (TPSA) is 76.5 Å². The lowest BCUT2D eigenvalue weighted by atomic mass is 9.96. The van der Waals surface area contributed by atoms with Gasteiger partial charge in [0.15, 0.2) is 0 Å². The molecule has 0 radical (unpaired) electrons. The van der Waals surface area contributed by atoms with Gasteiger partial charge in [-0.25, -0.2) is 4.98 Å². The van der Waals surface area contributed by atoms with Crippen LogP contribution in [-0.4, -0.2) is 59.1 Å². The number of likely N-dealkylation sites (tertiary alicyclic amines) is 1.